The van der Waals surface area contributed by atoms with Gasteiger partial charge in [-0.25, -0.2) is 0 Å². The third kappa shape index (κ3) is 1.81. The van der Waals surface area contributed by atoms with Crippen LogP contribution in [0.3, 0.4) is 0 Å². The van der Waals surface area contributed by atoms with Crippen LogP contribution >= 0.6 is 8.46 Å². The highest BCUT2D eigenvalue weighted by Crippen LogP contribution is 2.34. The zero-order valence-corrected chi connectivity index (χ0v) is 7.77. The first-order valence-corrected chi connectivity index (χ1v) is 4.27. The van der Waals surface area contributed by atoms with E-state index in [9.17, 15) is 4.57 Å². The molecular formula is C6H13O5P. The lowest BCUT2D eigenvalue weighted by Crippen LogP contribution is -2.53. The van der Waals surface area contributed by atoms with Crippen molar-refractivity contribution in [2.45, 2.75) is 37.5 Å². The Kier molecular flexibility index (Phi) is 4.23. The summed E-state index contributed by atoms with van der Waals surface area (Å²) < 4.78 is 10.6. The molecule has 0 fully saturated rings. The molecule has 0 aliphatic carbocycles. The van der Waals surface area contributed by atoms with E-state index in [-0.39, 0.29) is 0 Å². The molecule has 72 valence electrons. The molecule has 0 amide bonds. The van der Waals surface area contributed by atoms with E-state index in [1.165, 1.54) is 13.8 Å². The summed E-state index contributed by atoms with van der Waals surface area (Å²) in [4.78, 5) is 0. The largest absolute Gasteiger partial charge is 0.392 e. The fourth-order valence-corrected chi connectivity index (χ4v) is 1.38. The molecule has 0 saturated heterocycles. The Hall–Kier alpha value is -0.0600. The zero-order chi connectivity index (χ0) is 9.94. The topological polar surface area (TPSA) is 98.0 Å². The summed E-state index contributed by atoms with van der Waals surface area (Å²) in [5, 5.41) is 34.1. The van der Waals surface area contributed by atoms with Gasteiger partial charge in [-0.2, -0.15) is 0 Å². The number of hydrogen-bond donors (Lipinski definition) is 4. The molecular weight excluding hydrogens is 183 g/mol. The summed E-state index contributed by atoms with van der Waals surface area (Å²) in [5.41, 5.74) is 0. The minimum absolute atomic E-state index is 0.699. The Balaban J connectivity index is 4.89. The lowest BCUT2D eigenvalue weighted by atomic mass is 9.96. The van der Waals surface area contributed by atoms with Crippen molar-refractivity contribution >= 4 is 8.46 Å². The highest BCUT2D eigenvalue weighted by molar-refractivity contribution is 7.26. The van der Waals surface area contributed by atoms with Crippen LogP contribution in [0.2, 0.25) is 0 Å². The van der Waals surface area contributed by atoms with Gasteiger partial charge in [0, 0.05) is 0 Å². The fraction of sp³-hybridized carbons (Fsp3) is 1.00. The molecule has 0 aliphatic rings. The molecule has 0 aromatic heterocycles. The summed E-state index contributed by atoms with van der Waals surface area (Å²) in [6.07, 6.45) is -4.59. The van der Waals surface area contributed by atoms with Crippen molar-refractivity contribution in [3.8, 4) is 0 Å². The quantitative estimate of drug-likeness (QED) is 0.344. The van der Waals surface area contributed by atoms with E-state index in [4.69, 9.17) is 20.4 Å². The molecule has 0 heterocycles. The molecule has 0 saturated carbocycles. The van der Waals surface area contributed by atoms with Gasteiger partial charge in [-0.15, -0.1) is 0 Å². The lowest BCUT2D eigenvalue weighted by Gasteiger charge is -2.33. The molecule has 0 radical (unpaired) electrons. The monoisotopic (exact) mass is 196 g/mol. The van der Waals surface area contributed by atoms with Crippen molar-refractivity contribution in [1.82, 2.24) is 0 Å². The Morgan fingerprint density at radius 3 is 1.42 bits per heavy atom. The van der Waals surface area contributed by atoms with Gasteiger partial charge in [0.2, 0.25) is 0 Å². The summed E-state index contributed by atoms with van der Waals surface area (Å²) in [7, 11) is -0.699. The minimum Gasteiger partial charge on any atom is -0.392 e. The number of hydrogen-bond acceptors (Lipinski definition) is 5. The van der Waals surface area contributed by atoms with Crippen molar-refractivity contribution in [3.05, 3.63) is 0 Å². The van der Waals surface area contributed by atoms with E-state index >= 15 is 0 Å². The third-order valence-electron chi connectivity index (χ3n) is 1.91. The molecule has 12 heavy (non-hydrogen) atoms. The lowest BCUT2D eigenvalue weighted by molar-refractivity contribution is -0.128. The second kappa shape index (κ2) is 4.25. The molecule has 6 heteroatoms. The van der Waals surface area contributed by atoms with Crippen molar-refractivity contribution in [2.24, 2.45) is 0 Å². The minimum atomic E-state index is -2.03. The van der Waals surface area contributed by atoms with Crippen molar-refractivity contribution in [3.63, 3.8) is 0 Å². The molecule has 5 nitrogen and oxygen atoms in total. The van der Waals surface area contributed by atoms with Crippen LogP contribution in [-0.4, -0.2) is 44.1 Å². The fourth-order valence-electron chi connectivity index (χ4n) is 0.980. The Bertz CT molecular complexity index is 134. The molecule has 0 bridgehead atoms. The van der Waals surface area contributed by atoms with Gasteiger partial charge in [0.05, 0.1) is 12.2 Å². The molecule has 4 N–H and O–H groups in total. The van der Waals surface area contributed by atoms with E-state index in [0.717, 1.165) is 0 Å². The highest BCUT2D eigenvalue weighted by atomic mass is 31.1. The van der Waals surface area contributed by atoms with Crippen LogP contribution in [0.5, 0.6) is 0 Å². The molecule has 0 aromatic rings. The summed E-state index contributed by atoms with van der Waals surface area (Å²) in [5.74, 6) is 0. The van der Waals surface area contributed by atoms with Gasteiger partial charge >= 0.3 is 0 Å². The molecule has 0 rings (SSSR count). The van der Waals surface area contributed by atoms with Gasteiger partial charge < -0.3 is 20.4 Å². The van der Waals surface area contributed by atoms with Gasteiger partial charge in [0.15, 0.2) is 19.9 Å². The smallest absolute Gasteiger partial charge is 0.173 e. The normalized spacial score (nSPS) is 22.2. The molecule has 0 aliphatic heterocycles. The summed E-state index contributed by atoms with van der Waals surface area (Å²) in [6.45, 7) is 2.47. The van der Waals surface area contributed by atoms with E-state index in [1.807, 2.05) is 0 Å². The molecule has 0 spiro atoms. The van der Waals surface area contributed by atoms with Crippen molar-refractivity contribution < 1.29 is 25.0 Å². The SMILES string of the molecule is CC(O)C(P=O)(C(C)O)C(O)O. The number of aliphatic hydroxyl groups is 4. The van der Waals surface area contributed by atoms with Crippen LogP contribution in [-0.2, 0) is 4.57 Å². The van der Waals surface area contributed by atoms with Crippen LogP contribution in [0, 0.1) is 0 Å². The first-order valence-electron chi connectivity index (χ1n) is 3.46. The van der Waals surface area contributed by atoms with Crippen LogP contribution in [0.1, 0.15) is 13.8 Å². The zero-order valence-electron chi connectivity index (χ0n) is 6.88. The van der Waals surface area contributed by atoms with Crippen LogP contribution < -0.4 is 0 Å². The van der Waals surface area contributed by atoms with Gasteiger partial charge in [-0.05, 0) is 13.8 Å². The maximum atomic E-state index is 10.6. The van der Waals surface area contributed by atoms with E-state index < -0.39 is 32.1 Å². The second-order valence-corrected chi connectivity index (χ2v) is 3.66. The summed E-state index contributed by atoms with van der Waals surface area (Å²) >= 11 is 0. The molecule has 2 atom stereocenters. The van der Waals surface area contributed by atoms with E-state index in [0.29, 0.717) is 0 Å². The predicted octanol–water partition coefficient (Wildman–Crippen LogP) is -0.911. The van der Waals surface area contributed by atoms with Gasteiger partial charge in [0.1, 0.15) is 0 Å². The maximum absolute atomic E-state index is 10.6. The molecule has 0 aromatic carbocycles. The van der Waals surface area contributed by atoms with E-state index in [1.54, 1.807) is 0 Å². The van der Waals surface area contributed by atoms with Crippen LogP contribution in [0.25, 0.3) is 0 Å². The number of aliphatic hydroxyl groups excluding tert-OH is 3. The van der Waals surface area contributed by atoms with E-state index in [2.05, 4.69) is 0 Å². The van der Waals surface area contributed by atoms with Crippen LogP contribution in [0.15, 0.2) is 0 Å². The van der Waals surface area contributed by atoms with Gasteiger partial charge in [0.25, 0.3) is 0 Å². The summed E-state index contributed by atoms with van der Waals surface area (Å²) in [6, 6.07) is 0. The van der Waals surface area contributed by atoms with Crippen molar-refractivity contribution in [1.29, 1.82) is 0 Å². The van der Waals surface area contributed by atoms with Crippen LogP contribution in [0.4, 0.5) is 0 Å². The Labute approximate surface area is 71.9 Å². The van der Waals surface area contributed by atoms with Gasteiger partial charge in [-0.3, -0.25) is 4.57 Å². The highest BCUT2D eigenvalue weighted by Gasteiger charge is 2.47. The standard InChI is InChI=1S/C6H13O5P/c1-3(7)6(12-11,4(2)8)5(9)10/h3-5,7-10H,1-2H3. The average molecular weight is 196 g/mol. The van der Waals surface area contributed by atoms with Crippen molar-refractivity contribution in [2.75, 3.05) is 0 Å². The third-order valence-corrected chi connectivity index (χ3v) is 3.20. The Morgan fingerprint density at radius 1 is 1.08 bits per heavy atom. The second-order valence-electron chi connectivity index (χ2n) is 2.70. The number of rotatable bonds is 4. The van der Waals surface area contributed by atoms with Gasteiger partial charge in [-0.1, -0.05) is 0 Å². The predicted molar refractivity (Wildman–Crippen MR) is 41.9 cm³/mol. The Morgan fingerprint density at radius 2 is 1.42 bits per heavy atom. The maximum Gasteiger partial charge on any atom is 0.173 e. The average Bonchev–Trinajstić information content (AvgIpc) is 1.86. The first kappa shape index (κ1) is 11.9. The first-order chi connectivity index (χ1) is 5.39. The molecule has 2 unspecified atom stereocenters.